The summed E-state index contributed by atoms with van der Waals surface area (Å²) in [7, 11) is 0. The predicted octanol–water partition coefficient (Wildman–Crippen LogP) is -0.643. The minimum atomic E-state index is -0.670. The summed E-state index contributed by atoms with van der Waals surface area (Å²) in [5.74, 6) is 0. The number of ether oxygens (including phenoxy) is 1. The summed E-state index contributed by atoms with van der Waals surface area (Å²) < 4.78 is 5.10. The summed E-state index contributed by atoms with van der Waals surface area (Å²) in [6.45, 7) is 4.39. The molecule has 0 spiro atoms. The van der Waals surface area contributed by atoms with Gasteiger partial charge in [0.05, 0.1) is 18.8 Å². The van der Waals surface area contributed by atoms with Gasteiger partial charge in [-0.15, -0.1) is 0 Å². The highest BCUT2D eigenvalue weighted by atomic mass is 16.5. The van der Waals surface area contributed by atoms with Crippen molar-refractivity contribution in [3.63, 3.8) is 0 Å². The molecule has 0 aromatic carbocycles. The third-order valence-corrected chi connectivity index (χ3v) is 1.34. The van der Waals surface area contributed by atoms with Crippen LogP contribution in [0.3, 0.4) is 0 Å². The highest BCUT2D eigenvalue weighted by molar-refractivity contribution is 4.76. The Hall–Kier alpha value is -0.120. The van der Waals surface area contributed by atoms with Crippen molar-refractivity contribution in [2.45, 2.75) is 12.5 Å². The third-order valence-electron chi connectivity index (χ3n) is 1.34. The Balaban J connectivity index is 2.36. The smallest absolute Gasteiger partial charge is 0.0975 e. The molecule has 0 bridgehead atoms. The molecule has 3 nitrogen and oxygen atoms in total. The molecule has 1 heterocycles. The van der Waals surface area contributed by atoms with Gasteiger partial charge in [-0.05, 0) is 6.92 Å². The van der Waals surface area contributed by atoms with E-state index in [-0.39, 0.29) is 0 Å². The first-order valence-corrected chi connectivity index (χ1v) is 3.22. The SMILES string of the molecule is C[C@@]1(O)CNCCOC1. The molecule has 1 fully saturated rings. The van der Waals surface area contributed by atoms with Crippen LogP contribution in [0.25, 0.3) is 0 Å². The lowest BCUT2D eigenvalue weighted by Gasteiger charge is -2.18. The Bertz CT molecular complexity index is 83.1. The molecule has 0 saturated carbocycles. The zero-order chi connectivity index (χ0) is 6.74. The van der Waals surface area contributed by atoms with Gasteiger partial charge < -0.3 is 15.2 Å². The van der Waals surface area contributed by atoms with Gasteiger partial charge in [0, 0.05) is 13.1 Å². The van der Waals surface area contributed by atoms with Crippen LogP contribution in [0.2, 0.25) is 0 Å². The van der Waals surface area contributed by atoms with Gasteiger partial charge in [0.1, 0.15) is 0 Å². The van der Waals surface area contributed by atoms with Crippen molar-refractivity contribution >= 4 is 0 Å². The van der Waals surface area contributed by atoms with Gasteiger partial charge in [-0.1, -0.05) is 0 Å². The normalized spacial score (nSPS) is 38.0. The van der Waals surface area contributed by atoms with Crippen molar-refractivity contribution in [1.82, 2.24) is 5.32 Å². The first-order chi connectivity index (χ1) is 4.21. The molecule has 1 rings (SSSR count). The van der Waals surface area contributed by atoms with E-state index in [1.165, 1.54) is 0 Å². The van der Waals surface area contributed by atoms with Crippen molar-refractivity contribution in [1.29, 1.82) is 0 Å². The standard InChI is InChI=1S/C6H13NO2/c1-6(8)4-7-2-3-9-5-6/h7-8H,2-5H2,1H3/t6-/m1/s1. The van der Waals surface area contributed by atoms with Crippen molar-refractivity contribution < 1.29 is 9.84 Å². The topological polar surface area (TPSA) is 41.5 Å². The van der Waals surface area contributed by atoms with Crippen LogP contribution in [0.4, 0.5) is 0 Å². The summed E-state index contributed by atoms with van der Waals surface area (Å²) in [4.78, 5) is 0. The van der Waals surface area contributed by atoms with E-state index < -0.39 is 5.60 Å². The van der Waals surface area contributed by atoms with E-state index >= 15 is 0 Å². The predicted molar refractivity (Wildman–Crippen MR) is 34.3 cm³/mol. The molecular weight excluding hydrogens is 118 g/mol. The Morgan fingerprint density at radius 1 is 1.67 bits per heavy atom. The van der Waals surface area contributed by atoms with Crippen LogP contribution in [-0.4, -0.2) is 37.0 Å². The van der Waals surface area contributed by atoms with Gasteiger partial charge in [-0.25, -0.2) is 0 Å². The van der Waals surface area contributed by atoms with E-state index in [1.807, 2.05) is 0 Å². The summed E-state index contributed by atoms with van der Waals surface area (Å²) in [5.41, 5.74) is -0.670. The van der Waals surface area contributed by atoms with Gasteiger partial charge >= 0.3 is 0 Å². The first kappa shape index (κ1) is 6.99. The Kier molecular flexibility index (Phi) is 2.05. The Morgan fingerprint density at radius 3 is 3.22 bits per heavy atom. The van der Waals surface area contributed by atoms with Gasteiger partial charge in [-0.2, -0.15) is 0 Å². The van der Waals surface area contributed by atoms with Crippen molar-refractivity contribution in [2.75, 3.05) is 26.3 Å². The maximum absolute atomic E-state index is 9.37. The average molecular weight is 131 g/mol. The molecule has 0 aromatic rings. The summed E-state index contributed by atoms with van der Waals surface area (Å²) in [5, 5.41) is 12.4. The van der Waals surface area contributed by atoms with Crippen molar-refractivity contribution in [3.05, 3.63) is 0 Å². The van der Waals surface area contributed by atoms with E-state index in [2.05, 4.69) is 5.32 Å². The number of hydrogen-bond donors (Lipinski definition) is 2. The van der Waals surface area contributed by atoms with Gasteiger partial charge in [0.2, 0.25) is 0 Å². The number of rotatable bonds is 0. The molecule has 1 aliphatic rings. The number of hydrogen-bond acceptors (Lipinski definition) is 3. The highest BCUT2D eigenvalue weighted by Gasteiger charge is 2.21. The summed E-state index contributed by atoms with van der Waals surface area (Å²) >= 11 is 0. The fourth-order valence-corrected chi connectivity index (χ4v) is 0.845. The molecule has 54 valence electrons. The fraction of sp³-hybridized carbons (Fsp3) is 1.00. The third kappa shape index (κ3) is 2.30. The lowest BCUT2D eigenvalue weighted by atomic mass is 10.1. The highest BCUT2D eigenvalue weighted by Crippen LogP contribution is 2.03. The molecule has 0 radical (unpaired) electrons. The molecule has 3 heteroatoms. The maximum Gasteiger partial charge on any atom is 0.0975 e. The van der Waals surface area contributed by atoms with Crippen LogP contribution in [-0.2, 0) is 4.74 Å². The van der Waals surface area contributed by atoms with Crippen LogP contribution in [0.1, 0.15) is 6.92 Å². The van der Waals surface area contributed by atoms with E-state index in [4.69, 9.17) is 4.74 Å². The van der Waals surface area contributed by atoms with Crippen LogP contribution < -0.4 is 5.32 Å². The maximum atomic E-state index is 9.37. The quantitative estimate of drug-likeness (QED) is 0.459. The molecule has 9 heavy (non-hydrogen) atoms. The van der Waals surface area contributed by atoms with E-state index in [0.717, 1.165) is 6.54 Å². The van der Waals surface area contributed by atoms with E-state index in [1.54, 1.807) is 6.92 Å². The minimum absolute atomic E-state index is 0.444. The largest absolute Gasteiger partial charge is 0.386 e. The number of aliphatic hydroxyl groups is 1. The van der Waals surface area contributed by atoms with Gasteiger partial charge in [0.15, 0.2) is 0 Å². The minimum Gasteiger partial charge on any atom is -0.386 e. The van der Waals surface area contributed by atoms with Crippen LogP contribution in [0, 0.1) is 0 Å². The Morgan fingerprint density at radius 2 is 2.44 bits per heavy atom. The molecule has 0 aromatic heterocycles. The monoisotopic (exact) mass is 131 g/mol. The van der Waals surface area contributed by atoms with Crippen LogP contribution >= 0.6 is 0 Å². The zero-order valence-corrected chi connectivity index (χ0v) is 5.68. The number of β-amino-alcohol motifs (C(OH)–C–C–N with tert-alkyl or cyclic N) is 1. The lowest BCUT2D eigenvalue weighted by molar-refractivity contribution is -0.0136. The van der Waals surface area contributed by atoms with Crippen LogP contribution in [0.15, 0.2) is 0 Å². The molecule has 0 unspecified atom stereocenters. The van der Waals surface area contributed by atoms with Gasteiger partial charge in [-0.3, -0.25) is 0 Å². The summed E-state index contributed by atoms with van der Waals surface area (Å²) in [6.07, 6.45) is 0. The van der Waals surface area contributed by atoms with Gasteiger partial charge in [0.25, 0.3) is 0 Å². The molecule has 0 amide bonds. The van der Waals surface area contributed by atoms with Crippen molar-refractivity contribution in [3.8, 4) is 0 Å². The van der Waals surface area contributed by atoms with E-state index in [9.17, 15) is 5.11 Å². The Labute approximate surface area is 55.0 Å². The molecule has 1 saturated heterocycles. The number of nitrogens with one attached hydrogen (secondary N) is 1. The lowest BCUT2D eigenvalue weighted by Crippen LogP contribution is -2.38. The average Bonchev–Trinajstić information content (AvgIpc) is 1.92. The molecule has 1 aliphatic heterocycles. The fourth-order valence-electron chi connectivity index (χ4n) is 0.845. The second-order valence-electron chi connectivity index (χ2n) is 2.73. The first-order valence-electron chi connectivity index (χ1n) is 3.22. The zero-order valence-electron chi connectivity index (χ0n) is 5.68. The molecule has 0 aliphatic carbocycles. The van der Waals surface area contributed by atoms with Crippen LogP contribution in [0.5, 0.6) is 0 Å². The molecule has 1 atom stereocenters. The van der Waals surface area contributed by atoms with Crippen molar-refractivity contribution in [2.24, 2.45) is 0 Å². The molecular formula is C6H13NO2. The summed E-state index contributed by atoms with van der Waals surface area (Å²) in [6, 6.07) is 0. The van der Waals surface area contributed by atoms with E-state index in [0.29, 0.717) is 19.8 Å². The second kappa shape index (κ2) is 2.64. The second-order valence-corrected chi connectivity index (χ2v) is 2.73. The molecule has 2 N–H and O–H groups in total.